The predicted molar refractivity (Wildman–Crippen MR) is 86.5 cm³/mol. The molecule has 0 aliphatic heterocycles. The van der Waals surface area contributed by atoms with E-state index in [0.29, 0.717) is 24.7 Å². The normalized spacial score (nSPS) is 10.2. The molecular formula is C17H21N3O2. The summed E-state index contributed by atoms with van der Waals surface area (Å²) in [4.78, 5) is 12.0. The Balaban J connectivity index is 2.26. The van der Waals surface area contributed by atoms with Crippen LogP contribution in [0.3, 0.4) is 0 Å². The van der Waals surface area contributed by atoms with Crippen LogP contribution in [0.25, 0.3) is 5.69 Å². The number of amides is 1. The van der Waals surface area contributed by atoms with E-state index in [2.05, 4.69) is 23.9 Å². The van der Waals surface area contributed by atoms with Crippen molar-refractivity contribution in [2.24, 2.45) is 0 Å². The third-order valence-corrected chi connectivity index (χ3v) is 3.06. The van der Waals surface area contributed by atoms with Gasteiger partial charge in [0.2, 0.25) is 5.88 Å². The van der Waals surface area contributed by atoms with Gasteiger partial charge in [-0.25, -0.2) is 4.68 Å². The minimum absolute atomic E-state index is 0.241. The molecule has 0 spiro atoms. The summed E-state index contributed by atoms with van der Waals surface area (Å²) < 4.78 is 7.42. The molecule has 22 heavy (non-hydrogen) atoms. The molecule has 0 fully saturated rings. The lowest BCUT2D eigenvalue weighted by molar-refractivity contribution is 0.0952. The summed E-state index contributed by atoms with van der Waals surface area (Å²) in [5.41, 5.74) is 1.19. The molecule has 0 saturated heterocycles. The zero-order chi connectivity index (χ0) is 15.8. The average Bonchev–Trinajstić information content (AvgIpc) is 2.98. The van der Waals surface area contributed by atoms with E-state index in [9.17, 15) is 4.79 Å². The highest BCUT2D eigenvalue weighted by Crippen LogP contribution is 2.19. The third-order valence-electron chi connectivity index (χ3n) is 3.06. The number of hydrogen-bond acceptors (Lipinski definition) is 3. The summed E-state index contributed by atoms with van der Waals surface area (Å²) in [6.07, 6.45) is 3.63. The maximum Gasteiger partial charge on any atom is 0.272 e. The standard InChI is InChI=1S/C17H21N3O2/c1-3-5-12-22-16-13-15(17(21)18-11-4-2)19-20(16)14-9-7-6-8-10-14/h4,6-10,13H,2-3,5,11-12H2,1H3,(H,18,21). The maximum atomic E-state index is 12.0. The first-order valence-electron chi connectivity index (χ1n) is 7.43. The van der Waals surface area contributed by atoms with Crippen LogP contribution >= 0.6 is 0 Å². The van der Waals surface area contributed by atoms with Crippen molar-refractivity contribution >= 4 is 5.91 Å². The molecule has 2 aromatic rings. The number of para-hydroxylation sites is 1. The molecule has 0 aliphatic rings. The molecule has 0 saturated carbocycles. The summed E-state index contributed by atoms with van der Waals surface area (Å²) >= 11 is 0. The van der Waals surface area contributed by atoms with Gasteiger partial charge in [-0.05, 0) is 18.6 Å². The van der Waals surface area contributed by atoms with Gasteiger partial charge in [0.25, 0.3) is 5.91 Å². The van der Waals surface area contributed by atoms with E-state index in [0.717, 1.165) is 18.5 Å². The fraction of sp³-hybridized carbons (Fsp3) is 0.294. The Morgan fingerprint density at radius 3 is 2.86 bits per heavy atom. The molecule has 1 N–H and O–H groups in total. The van der Waals surface area contributed by atoms with Crippen LogP contribution in [-0.2, 0) is 0 Å². The van der Waals surface area contributed by atoms with Crippen molar-refractivity contribution in [3.05, 3.63) is 54.7 Å². The number of benzene rings is 1. The van der Waals surface area contributed by atoms with Crippen molar-refractivity contribution in [1.29, 1.82) is 0 Å². The van der Waals surface area contributed by atoms with Crippen LogP contribution in [0.2, 0.25) is 0 Å². The maximum absolute atomic E-state index is 12.0. The van der Waals surface area contributed by atoms with E-state index < -0.39 is 0 Å². The largest absolute Gasteiger partial charge is 0.478 e. The molecule has 116 valence electrons. The fourth-order valence-electron chi connectivity index (χ4n) is 1.91. The highest BCUT2D eigenvalue weighted by atomic mass is 16.5. The second-order valence-corrected chi connectivity index (χ2v) is 4.82. The van der Waals surface area contributed by atoms with Crippen molar-refractivity contribution in [3.8, 4) is 11.6 Å². The van der Waals surface area contributed by atoms with E-state index in [1.165, 1.54) is 0 Å². The van der Waals surface area contributed by atoms with Crippen LogP contribution in [-0.4, -0.2) is 28.8 Å². The molecule has 0 bridgehead atoms. The zero-order valence-electron chi connectivity index (χ0n) is 12.8. The van der Waals surface area contributed by atoms with Gasteiger partial charge >= 0.3 is 0 Å². The van der Waals surface area contributed by atoms with Crippen molar-refractivity contribution in [3.63, 3.8) is 0 Å². The summed E-state index contributed by atoms with van der Waals surface area (Å²) in [5, 5.41) is 7.08. The Morgan fingerprint density at radius 1 is 1.41 bits per heavy atom. The first kappa shape index (κ1) is 15.8. The monoisotopic (exact) mass is 299 g/mol. The summed E-state index contributed by atoms with van der Waals surface area (Å²) in [6.45, 7) is 6.69. The van der Waals surface area contributed by atoms with Crippen LogP contribution in [0, 0.1) is 0 Å². The molecule has 1 amide bonds. The third kappa shape index (κ3) is 3.97. The molecule has 1 heterocycles. The molecule has 0 aliphatic carbocycles. The van der Waals surface area contributed by atoms with E-state index in [4.69, 9.17) is 4.74 Å². The predicted octanol–water partition coefficient (Wildman–Crippen LogP) is 2.97. The van der Waals surface area contributed by atoms with E-state index in [1.807, 2.05) is 30.3 Å². The Kier molecular flexibility index (Phi) is 5.77. The minimum atomic E-state index is -0.241. The molecule has 5 heteroatoms. The minimum Gasteiger partial charge on any atom is -0.478 e. The van der Waals surface area contributed by atoms with Crippen LogP contribution in [0.15, 0.2) is 49.1 Å². The molecular weight excluding hydrogens is 278 g/mol. The lowest BCUT2D eigenvalue weighted by atomic mass is 10.3. The van der Waals surface area contributed by atoms with Gasteiger partial charge in [0.1, 0.15) is 0 Å². The van der Waals surface area contributed by atoms with Gasteiger partial charge in [-0.15, -0.1) is 6.58 Å². The SMILES string of the molecule is C=CCNC(=O)c1cc(OCCCC)n(-c2ccccc2)n1. The van der Waals surface area contributed by atoms with E-state index >= 15 is 0 Å². The number of carbonyl (C=O) groups excluding carboxylic acids is 1. The van der Waals surface area contributed by atoms with Crippen molar-refractivity contribution in [1.82, 2.24) is 15.1 Å². The van der Waals surface area contributed by atoms with Crippen molar-refractivity contribution in [2.75, 3.05) is 13.2 Å². The van der Waals surface area contributed by atoms with Crippen LogP contribution in [0.1, 0.15) is 30.3 Å². The molecule has 5 nitrogen and oxygen atoms in total. The van der Waals surface area contributed by atoms with Gasteiger partial charge in [-0.2, -0.15) is 5.10 Å². The van der Waals surface area contributed by atoms with E-state index in [-0.39, 0.29) is 5.91 Å². The summed E-state index contributed by atoms with van der Waals surface area (Å²) in [5.74, 6) is 0.332. The Hall–Kier alpha value is -2.56. The average molecular weight is 299 g/mol. The lowest BCUT2D eigenvalue weighted by Gasteiger charge is -2.08. The zero-order valence-corrected chi connectivity index (χ0v) is 12.8. The number of nitrogens with zero attached hydrogens (tertiary/aromatic N) is 2. The van der Waals surface area contributed by atoms with Gasteiger partial charge in [-0.3, -0.25) is 4.79 Å². The van der Waals surface area contributed by atoms with Crippen molar-refractivity contribution < 1.29 is 9.53 Å². The first-order valence-corrected chi connectivity index (χ1v) is 7.43. The fourth-order valence-corrected chi connectivity index (χ4v) is 1.91. The lowest BCUT2D eigenvalue weighted by Crippen LogP contribution is -2.23. The van der Waals surface area contributed by atoms with Gasteiger partial charge in [0, 0.05) is 12.6 Å². The molecule has 0 unspecified atom stereocenters. The number of nitrogens with one attached hydrogen (secondary N) is 1. The first-order chi connectivity index (χ1) is 10.8. The number of unbranched alkanes of at least 4 members (excludes halogenated alkanes) is 1. The Bertz CT molecular complexity index is 620. The van der Waals surface area contributed by atoms with E-state index in [1.54, 1.807) is 16.8 Å². The quantitative estimate of drug-likeness (QED) is 0.602. The van der Waals surface area contributed by atoms with Crippen LogP contribution in [0.5, 0.6) is 5.88 Å². The topological polar surface area (TPSA) is 56.1 Å². The summed E-state index contributed by atoms with van der Waals surface area (Å²) in [7, 11) is 0. The molecule has 2 rings (SSSR count). The smallest absolute Gasteiger partial charge is 0.272 e. The molecule has 1 aromatic carbocycles. The Morgan fingerprint density at radius 2 is 2.18 bits per heavy atom. The second-order valence-electron chi connectivity index (χ2n) is 4.82. The molecule has 1 aromatic heterocycles. The van der Waals surface area contributed by atoms with Gasteiger partial charge in [0.15, 0.2) is 5.69 Å². The van der Waals surface area contributed by atoms with Gasteiger partial charge in [-0.1, -0.05) is 37.6 Å². The second kappa shape index (κ2) is 8.02. The summed E-state index contributed by atoms with van der Waals surface area (Å²) in [6, 6.07) is 11.3. The van der Waals surface area contributed by atoms with Crippen LogP contribution < -0.4 is 10.1 Å². The molecule has 0 radical (unpaired) electrons. The van der Waals surface area contributed by atoms with Gasteiger partial charge < -0.3 is 10.1 Å². The van der Waals surface area contributed by atoms with Crippen molar-refractivity contribution in [2.45, 2.75) is 19.8 Å². The Labute approximate surface area is 130 Å². The highest BCUT2D eigenvalue weighted by Gasteiger charge is 2.15. The number of ether oxygens (including phenoxy) is 1. The number of rotatable bonds is 8. The number of aromatic nitrogens is 2. The number of carbonyl (C=O) groups is 1. The highest BCUT2D eigenvalue weighted by molar-refractivity contribution is 5.92. The van der Waals surface area contributed by atoms with Gasteiger partial charge in [0.05, 0.1) is 12.3 Å². The molecule has 0 atom stereocenters. The van der Waals surface area contributed by atoms with Crippen LogP contribution in [0.4, 0.5) is 0 Å². The number of hydrogen-bond donors (Lipinski definition) is 1.